The fourth-order valence-corrected chi connectivity index (χ4v) is 5.39. The molecule has 4 heterocycles. The van der Waals surface area contributed by atoms with Crippen LogP contribution >= 0.6 is 0 Å². The van der Waals surface area contributed by atoms with E-state index in [-0.39, 0.29) is 6.42 Å². The summed E-state index contributed by atoms with van der Waals surface area (Å²) < 4.78 is 38.3. The van der Waals surface area contributed by atoms with Gasteiger partial charge in [0.05, 0.1) is 31.5 Å². The van der Waals surface area contributed by atoms with Crippen LogP contribution in [0.4, 0.5) is 0 Å². The molecule has 0 spiro atoms. The summed E-state index contributed by atoms with van der Waals surface area (Å²) in [6.45, 7) is 1.47. The summed E-state index contributed by atoms with van der Waals surface area (Å²) >= 11 is 0. The average molecular weight is 619 g/mol. The Balaban J connectivity index is 1.43. The lowest BCUT2D eigenvalue weighted by atomic mass is 9.96. The summed E-state index contributed by atoms with van der Waals surface area (Å²) in [6.07, 6.45) is -28.5. The smallest absolute Gasteiger partial charge is 0.187 e. The fourth-order valence-electron chi connectivity index (χ4n) is 5.39. The predicted octanol–water partition coefficient (Wildman–Crippen LogP) is -6.66. The van der Waals surface area contributed by atoms with E-state index in [1.165, 1.54) is 13.8 Å². The molecule has 11 N–H and O–H groups in total. The Bertz CT molecular complexity index is 854. The maximum Gasteiger partial charge on any atom is 0.187 e. The van der Waals surface area contributed by atoms with Gasteiger partial charge in [0.1, 0.15) is 73.2 Å². The zero-order valence-corrected chi connectivity index (χ0v) is 22.9. The van der Waals surface area contributed by atoms with Gasteiger partial charge in [-0.1, -0.05) is 0 Å². The van der Waals surface area contributed by atoms with Gasteiger partial charge in [-0.3, -0.25) is 0 Å². The molecule has 19 atom stereocenters. The van der Waals surface area contributed by atoms with Crippen LogP contribution < -0.4 is 0 Å². The van der Waals surface area contributed by atoms with Crippen LogP contribution in [0.3, 0.4) is 0 Å². The lowest BCUT2D eigenvalue weighted by molar-refractivity contribution is -0.383. The Morgan fingerprint density at radius 2 is 1.00 bits per heavy atom. The summed E-state index contributed by atoms with van der Waals surface area (Å²) in [4.78, 5) is 0. The zero-order valence-electron chi connectivity index (χ0n) is 22.9. The van der Waals surface area contributed by atoms with Crippen molar-refractivity contribution in [2.75, 3.05) is 13.2 Å². The minimum absolute atomic E-state index is 0.101. The molecular formula is C24H42O18. The van der Waals surface area contributed by atoms with Gasteiger partial charge in [0.15, 0.2) is 25.2 Å². The largest absolute Gasteiger partial charge is 0.394 e. The first kappa shape index (κ1) is 34.2. The van der Waals surface area contributed by atoms with Crippen molar-refractivity contribution in [3.05, 3.63) is 0 Å². The molecule has 4 saturated heterocycles. The standard InChI is InChI=1S/C24H42O18/c1-6-8(27)3-9(28)22(36-6)41-20-13(30)11(5-26)39-24(17(20)34)40-18-7(2)37-23(15(32)14(18)31)42-19-12(29)10(4-25)38-21(35)16(19)33/h6-35H,3-5H2,1-2H3/t6-,7+,8-,9-,10-,11-,12+,13-,14+,15-,16-,17+,18+,19+,20+,21-,22-,23+,24-/m1/s1. The van der Waals surface area contributed by atoms with E-state index in [0.717, 1.165) is 0 Å². The predicted molar refractivity (Wildman–Crippen MR) is 130 cm³/mol. The lowest BCUT2D eigenvalue weighted by Gasteiger charge is -2.48. The highest BCUT2D eigenvalue weighted by atomic mass is 16.8. The molecule has 0 aromatic carbocycles. The molecule has 0 aromatic heterocycles. The molecule has 4 fully saturated rings. The van der Waals surface area contributed by atoms with Crippen LogP contribution in [-0.2, 0) is 33.2 Å². The summed E-state index contributed by atoms with van der Waals surface area (Å²) in [5.74, 6) is 0. The molecule has 246 valence electrons. The van der Waals surface area contributed by atoms with Crippen molar-refractivity contribution in [1.82, 2.24) is 0 Å². The van der Waals surface area contributed by atoms with Crippen molar-refractivity contribution in [3.63, 3.8) is 0 Å². The molecule has 0 aliphatic carbocycles. The number of aliphatic hydroxyl groups excluding tert-OH is 11. The third-order valence-electron chi connectivity index (χ3n) is 8.00. The summed E-state index contributed by atoms with van der Waals surface area (Å²) in [6, 6.07) is 0. The van der Waals surface area contributed by atoms with Gasteiger partial charge < -0.3 is 89.3 Å². The van der Waals surface area contributed by atoms with Crippen LogP contribution in [-0.4, -0.2) is 186 Å². The topological polar surface area (TPSA) is 287 Å². The average Bonchev–Trinajstić information content (AvgIpc) is 2.95. The third kappa shape index (κ3) is 6.91. The molecular weight excluding hydrogens is 576 g/mol. The number of hydrogen-bond donors (Lipinski definition) is 11. The van der Waals surface area contributed by atoms with Crippen molar-refractivity contribution >= 4 is 0 Å². The molecule has 4 aliphatic heterocycles. The van der Waals surface area contributed by atoms with E-state index in [1.54, 1.807) is 0 Å². The molecule has 18 nitrogen and oxygen atoms in total. The van der Waals surface area contributed by atoms with E-state index in [4.69, 9.17) is 33.2 Å². The number of hydrogen-bond acceptors (Lipinski definition) is 18. The molecule has 0 bridgehead atoms. The van der Waals surface area contributed by atoms with Crippen molar-refractivity contribution in [1.29, 1.82) is 0 Å². The first-order valence-electron chi connectivity index (χ1n) is 13.7. The minimum atomic E-state index is -1.87. The molecule has 18 heteroatoms. The summed E-state index contributed by atoms with van der Waals surface area (Å²) in [7, 11) is 0. The fraction of sp³-hybridized carbons (Fsp3) is 1.00. The van der Waals surface area contributed by atoms with E-state index < -0.39 is 130 Å². The number of aliphatic hydroxyl groups is 11. The van der Waals surface area contributed by atoms with Gasteiger partial charge in [-0.05, 0) is 13.8 Å². The van der Waals surface area contributed by atoms with Gasteiger partial charge in [0.2, 0.25) is 0 Å². The molecule has 0 amide bonds. The van der Waals surface area contributed by atoms with E-state index in [1.807, 2.05) is 0 Å². The van der Waals surface area contributed by atoms with E-state index in [9.17, 15) is 56.2 Å². The SMILES string of the molecule is C[C@@H]1O[C@@H](O[C@@H]2[C@@H](O)[C@H](O)O[C@H](CO)[C@@H]2O)[C@H](O)[C@H](O)[C@H]1O[C@H]1O[C@H](CO)[C@@H](O)[C@H](O[C@H]2O[C@H](C)[C@H](O)C[C@H]2O)[C@@H]1O. The first-order chi connectivity index (χ1) is 19.8. The van der Waals surface area contributed by atoms with Crippen molar-refractivity contribution in [3.8, 4) is 0 Å². The van der Waals surface area contributed by atoms with Gasteiger partial charge in [-0.25, -0.2) is 0 Å². The zero-order chi connectivity index (χ0) is 31.0. The van der Waals surface area contributed by atoms with E-state index in [0.29, 0.717) is 0 Å². The van der Waals surface area contributed by atoms with E-state index >= 15 is 0 Å². The Hall–Kier alpha value is -0.720. The molecule has 42 heavy (non-hydrogen) atoms. The highest BCUT2D eigenvalue weighted by Crippen LogP contribution is 2.33. The normalized spacial score (nSPS) is 54.1. The maximum absolute atomic E-state index is 11.0. The second-order valence-electron chi connectivity index (χ2n) is 11.0. The molecule has 4 rings (SSSR count). The van der Waals surface area contributed by atoms with Gasteiger partial charge in [-0.15, -0.1) is 0 Å². The Kier molecular flexibility index (Phi) is 11.5. The van der Waals surface area contributed by atoms with Crippen LogP contribution in [0.25, 0.3) is 0 Å². The highest BCUT2D eigenvalue weighted by Gasteiger charge is 2.53. The highest BCUT2D eigenvalue weighted by molar-refractivity contribution is 4.96. The van der Waals surface area contributed by atoms with Gasteiger partial charge in [-0.2, -0.15) is 0 Å². The maximum atomic E-state index is 11.0. The molecule has 4 aliphatic rings. The van der Waals surface area contributed by atoms with Gasteiger partial charge in [0, 0.05) is 6.42 Å². The van der Waals surface area contributed by atoms with Crippen molar-refractivity contribution in [2.24, 2.45) is 0 Å². The monoisotopic (exact) mass is 618 g/mol. The van der Waals surface area contributed by atoms with Gasteiger partial charge in [0.25, 0.3) is 0 Å². The molecule has 0 aromatic rings. The van der Waals surface area contributed by atoms with E-state index in [2.05, 4.69) is 0 Å². The second-order valence-corrected chi connectivity index (χ2v) is 11.0. The molecule has 0 unspecified atom stereocenters. The third-order valence-corrected chi connectivity index (χ3v) is 8.00. The van der Waals surface area contributed by atoms with Crippen LogP contribution in [0.2, 0.25) is 0 Å². The Morgan fingerprint density at radius 1 is 0.500 bits per heavy atom. The van der Waals surface area contributed by atoms with Crippen LogP contribution in [0.1, 0.15) is 20.3 Å². The quantitative estimate of drug-likeness (QED) is 0.120. The van der Waals surface area contributed by atoms with Crippen molar-refractivity contribution < 1.29 is 89.3 Å². The Labute approximate surface area is 240 Å². The van der Waals surface area contributed by atoms with Crippen LogP contribution in [0, 0.1) is 0 Å². The summed E-state index contributed by atoms with van der Waals surface area (Å²) in [5, 5.41) is 113. The minimum Gasteiger partial charge on any atom is -0.394 e. The summed E-state index contributed by atoms with van der Waals surface area (Å²) in [5.41, 5.74) is 0. The van der Waals surface area contributed by atoms with Crippen LogP contribution in [0.5, 0.6) is 0 Å². The first-order valence-corrected chi connectivity index (χ1v) is 13.7. The Morgan fingerprint density at radius 3 is 1.62 bits per heavy atom. The molecule has 0 radical (unpaired) electrons. The van der Waals surface area contributed by atoms with Crippen LogP contribution in [0.15, 0.2) is 0 Å². The molecule has 0 saturated carbocycles. The van der Waals surface area contributed by atoms with Gasteiger partial charge >= 0.3 is 0 Å². The lowest BCUT2D eigenvalue weighted by Crippen LogP contribution is -2.66. The second kappa shape index (κ2) is 14.1. The number of rotatable bonds is 8. The number of ether oxygens (including phenoxy) is 7. The van der Waals surface area contributed by atoms with Crippen molar-refractivity contribution in [2.45, 2.75) is 137 Å².